The first-order valence-electron chi connectivity index (χ1n) is 6.45. The minimum Gasteiger partial charge on any atom is -0.469 e. The third-order valence-electron chi connectivity index (χ3n) is 3.32. The number of hydrogen-bond acceptors (Lipinski definition) is 6. The van der Waals surface area contributed by atoms with Crippen LogP contribution in [0.25, 0.3) is 0 Å². The number of rotatable bonds is 6. The Hall–Kier alpha value is -2.37. The van der Waals surface area contributed by atoms with Crippen LogP contribution in [-0.4, -0.2) is 31.9 Å². The van der Waals surface area contributed by atoms with Gasteiger partial charge in [0.05, 0.1) is 26.1 Å². The van der Waals surface area contributed by atoms with E-state index in [1.165, 1.54) is 21.1 Å². The number of nitrogen functional groups attached to an aromatic ring is 1. The lowest BCUT2D eigenvalue weighted by atomic mass is 9.87. The lowest BCUT2D eigenvalue weighted by Gasteiger charge is -2.19. The van der Waals surface area contributed by atoms with Crippen molar-refractivity contribution in [1.29, 1.82) is 0 Å². The Morgan fingerprint density at radius 2 is 1.57 bits per heavy atom. The van der Waals surface area contributed by atoms with Gasteiger partial charge in [-0.05, 0) is 24.3 Å². The van der Waals surface area contributed by atoms with E-state index >= 15 is 0 Å². The molecule has 2 N–H and O–H groups in total. The maximum Gasteiger partial charge on any atom is 0.309 e. The summed E-state index contributed by atoms with van der Waals surface area (Å²) in [6.07, 6.45) is -0.132. The molecule has 6 heteroatoms. The lowest BCUT2D eigenvalue weighted by molar-refractivity contribution is -0.156. The van der Waals surface area contributed by atoms with Gasteiger partial charge in [-0.1, -0.05) is 6.92 Å². The molecule has 2 atom stereocenters. The summed E-state index contributed by atoms with van der Waals surface area (Å²) in [7, 11) is 2.45. The number of methoxy groups -OCH3 is 2. The van der Waals surface area contributed by atoms with E-state index in [0.29, 0.717) is 11.3 Å². The second-order valence-electron chi connectivity index (χ2n) is 4.69. The van der Waals surface area contributed by atoms with Gasteiger partial charge in [0.1, 0.15) is 0 Å². The average molecular weight is 293 g/mol. The highest BCUT2D eigenvalue weighted by molar-refractivity contribution is 5.99. The Morgan fingerprint density at radius 1 is 1.05 bits per heavy atom. The van der Waals surface area contributed by atoms with E-state index in [4.69, 9.17) is 5.73 Å². The smallest absolute Gasteiger partial charge is 0.309 e. The average Bonchev–Trinajstić information content (AvgIpc) is 2.50. The van der Waals surface area contributed by atoms with Gasteiger partial charge in [-0.2, -0.15) is 0 Å². The van der Waals surface area contributed by atoms with E-state index in [1.807, 2.05) is 0 Å². The van der Waals surface area contributed by atoms with Gasteiger partial charge < -0.3 is 15.2 Å². The summed E-state index contributed by atoms with van der Waals surface area (Å²) in [5.74, 6) is -3.08. The van der Waals surface area contributed by atoms with Crippen LogP contribution >= 0.6 is 0 Å². The van der Waals surface area contributed by atoms with E-state index in [1.54, 1.807) is 24.3 Å². The molecule has 0 fully saturated rings. The molecule has 0 amide bonds. The second kappa shape index (κ2) is 7.42. The summed E-state index contributed by atoms with van der Waals surface area (Å²) in [5, 5.41) is 0. The zero-order valence-corrected chi connectivity index (χ0v) is 12.3. The Morgan fingerprint density at radius 3 is 2.05 bits per heavy atom. The van der Waals surface area contributed by atoms with Gasteiger partial charge in [0, 0.05) is 17.7 Å². The fraction of sp³-hybridized carbons (Fsp3) is 0.400. The van der Waals surface area contributed by atoms with Crippen LogP contribution in [0.1, 0.15) is 23.7 Å². The van der Waals surface area contributed by atoms with Crippen molar-refractivity contribution in [1.82, 2.24) is 0 Å². The summed E-state index contributed by atoms with van der Waals surface area (Å²) in [6, 6.07) is 6.36. The van der Waals surface area contributed by atoms with E-state index < -0.39 is 23.8 Å². The molecule has 114 valence electrons. The molecule has 0 aliphatic rings. The molecule has 0 spiro atoms. The first-order valence-corrected chi connectivity index (χ1v) is 6.45. The van der Waals surface area contributed by atoms with Crippen molar-refractivity contribution in [2.45, 2.75) is 13.3 Å². The van der Waals surface area contributed by atoms with E-state index in [-0.39, 0.29) is 12.2 Å². The fourth-order valence-corrected chi connectivity index (χ4v) is 1.95. The molecule has 6 nitrogen and oxygen atoms in total. The van der Waals surface area contributed by atoms with Crippen molar-refractivity contribution in [2.75, 3.05) is 20.0 Å². The van der Waals surface area contributed by atoms with Crippen LogP contribution in [0.5, 0.6) is 0 Å². The molecule has 0 saturated carbocycles. The summed E-state index contributed by atoms with van der Waals surface area (Å²) < 4.78 is 9.28. The van der Waals surface area contributed by atoms with Gasteiger partial charge >= 0.3 is 11.9 Å². The number of nitrogens with two attached hydrogens (primary N) is 1. The molecule has 0 bridgehead atoms. The Balaban J connectivity index is 2.90. The molecule has 2 unspecified atom stereocenters. The third-order valence-corrected chi connectivity index (χ3v) is 3.32. The zero-order valence-electron chi connectivity index (χ0n) is 12.3. The topological polar surface area (TPSA) is 95.7 Å². The highest BCUT2D eigenvalue weighted by Gasteiger charge is 2.33. The number of hydrogen-bond donors (Lipinski definition) is 1. The molecule has 0 saturated heterocycles. The lowest BCUT2D eigenvalue weighted by Crippen LogP contribution is -2.31. The number of Topliss-reactive ketones (excluding diaryl/α,β-unsaturated/α-hetero) is 1. The first kappa shape index (κ1) is 16.7. The van der Waals surface area contributed by atoms with Crippen molar-refractivity contribution in [2.24, 2.45) is 11.8 Å². The number of ether oxygens (including phenoxy) is 2. The SMILES string of the molecule is COC(=O)C(C)C(CC(=O)c1ccc(N)cc1)C(=O)OC. The number of carbonyl (C=O) groups excluding carboxylic acids is 3. The van der Waals surface area contributed by atoms with Gasteiger partial charge in [0.2, 0.25) is 0 Å². The van der Waals surface area contributed by atoms with E-state index in [2.05, 4.69) is 9.47 Å². The van der Waals surface area contributed by atoms with Crippen LogP contribution in [0.15, 0.2) is 24.3 Å². The summed E-state index contributed by atoms with van der Waals surface area (Å²) in [6.45, 7) is 1.53. The summed E-state index contributed by atoms with van der Waals surface area (Å²) in [4.78, 5) is 35.6. The minimum absolute atomic E-state index is 0.132. The monoisotopic (exact) mass is 293 g/mol. The molecule has 1 aromatic carbocycles. The predicted molar refractivity (Wildman–Crippen MR) is 76.5 cm³/mol. The summed E-state index contributed by atoms with van der Waals surface area (Å²) in [5.41, 5.74) is 6.52. The number of anilines is 1. The highest BCUT2D eigenvalue weighted by Crippen LogP contribution is 2.22. The summed E-state index contributed by atoms with van der Waals surface area (Å²) >= 11 is 0. The molecular weight excluding hydrogens is 274 g/mol. The zero-order chi connectivity index (χ0) is 16.0. The minimum atomic E-state index is -0.882. The van der Waals surface area contributed by atoms with Gasteiger partial charge in [-0.15, -0.1) is 0 Å². The van der Waals surface area contributed by atoms with Crippen LogP contribution in [0.4, 0.5) is 5.69 Å². The van der Waals surface area contributed by atoms with Crippen LogP contribution in [0.2, 0.25) is 0 Å². The quantitative estimate of drug-likeness (QED) is 0.484. The van der Waals surface area contributed by atoms with Gasteiger partial charge in [-0.25, -0.2) is 0 Å². The van der Waals surface area contributed by atoms with Crippen LogP contribution < -0.4 is 5.73 Å². The molecule has 1 aromatic rings. The van der Waals surface area contributed by atoms with E-state index in [0.717, 1.165) is 0 Å². The maximum absolute atomic E-state index is 12.2. The fourth-order valence-electron chi connectivity index (χ4n) is 1.95. The molecule has 21 heavy (non-hydrogen) atoms. The van der Waals surface area contributed by atoms with Crippen LogP contribution in [0.3, 0.4) is 0 Å². The second-order valence-corrected chi connectivity index (χ2v) is 4.69. The van der Waals surface area contributed by atoms with Crippen molar-refractivity contribution >= 4 is 23.4 Å². The Bertz CT molecular complexity index is 523. The largest absolute Gasteiger partial charge is 0.469 e. The third kappa shape index (κ3) is 4.30. The van der Waals surface area contributed by atoms with Crippen LogP contribution in [-0.2, 0) is 19.1 Å². The first-order chi connectivity index (χ1) is 9.90. The predicted octanol–water partition coefficient (Wildman–Crippen LogP) is 1.44. The van der Waals surface area contributed by atoms with Crippen molar-refractivity contribution < 1.29 is 23.9 Å². The molecule has 1 rings (SSSR count). The van der Waals surface area contributed by atoms with E-state index in [9.17, 15) is 14.4 Å². The Labute approximate surface area is 123 Å². The van der Waals surface area contributed by atoms with Gasteiger partial charge in [0.15, 0.2) is 5.78 Å². The molecule has 0 radical (unpaired) electrons. The van der Waals surface area contributed by atoms with Gasteiger partial charge in [0.25, 0.3) is 0 Å². The highest BCUT2D eigenvalue weighted by atomic mass is 16.5. The molecule has 0 aliphatic carbocycles. The molecule has 0 aliphatic heterocycles. The van der Waals surface area contributed by atoms with Crippen molar-refractivity contribution in [3.63, 3.8) is 0 Å². The van der Waals surface area contributed by atoms with Crippen LogP contribution in [0, 0.1) is 11.8 Å². The number of esters is 2. The standard InChI is InChI=1S/C15H19NO5/c1-9(14(18)20-2)12(15(19)21-3)8-13(17)10-4-6-11(16)7-5-10/h4-7,9,12H,8,16H2,1-3H3. The Kier molecular flexibility index (Phi) is 5.90. The van der Waals surface area contributed by atoms with Gasteiger partial charge in [-0.3, -0.25) is 14.4 Å². The van der Waals surface area contributed by atoms with Crippen molar-refractivity contribution in [3.05, 3.63) is 29.8 Å². The molecule has 0 heterocycles. The maximum atomic E-state index is 12.2. The normalized spacial score (nSPS) is 13.1. The molecule has 0 aromatic heterocycles. The molecular formula is C15H19NO5. The number of ketones is 1. The van der Waals surface area contributed by atoms with Crippen molar-refractivity contribution in [3.8, 4) is 0 Å². The number of carbonyl (C=O) groups is 3. The number of benzene rings is 1.